The van der Waals surface area contributed by atoms with Gasteiger partial charge in [-0.2, -0.15) is 13.2 Å². The highest BCUT2D eigenvalue weighted by Crippen LogP contribution is 2.33. The molecule has 0 aliphatic carbocycles. The van der Waals surface area contributed by atoms with Crippen LogP contribution in [-0.4, -0.2) is 29.1 Å². The van der Waals surface area contributed by atoms with Gasteiger partial charge >= 0.3 is 6.18 Å². The number of hydrogen-bond acceptors (Lipinski definition) is 6. The number of fused-ring (bicyclic) bond motifs is 1. The molecular formula is C25H26F3N3O3S. The Bertz CT molecular complexity index is 1170. The molecule has 0 bridgehead atoms. The predicted octanol–water partition coefficient (Wildman–Crippen LogP) is 5.62. The van der Waals surface area contributed by atoms with Crippen LogP contribution in [0, 0.1) is 0 Å². The van der Waals surface area contributed by atoms with Crippen LogP contribution in [0.15, 0.2) is 47.8 Å². The third kappa shape index (κ3) is 6.73. The van der Waals surface area contributed by atoms with E-state index in [4.69, 9.17) is 9.47 Å². The second-order valence-electron chi connectivity index (χ2n) is 8.27. The molecule has 35 heavy (non-hydrogen) atoms. The van der Waals surface area contributed by atoms with E-state index in [9.17, 15) is 18.0 Å². The number of hydrogen-bond donors (Lipinski definition) is 1. The number of carbonyl (C=O) groups excluding carboxylic acids is 1. The number of carbonyl (C=O) groups is 1. The number of amides is 1. The number of alkyl halides is 3. The second kappa shape index (κ2) is 11.1. The van der Waals surface area contributed by atoms with E-state index in [1.54, 1.807) is 11.4 Å². The lowest BCUT2D eigenvalue weighted by molar-refractivity contribution is -0.137. The maximum absolute atomic E-state index is 13.2. The van der Waals surface area contributed by atoms with Crippen LogP contribution in [-0.2, 0) is 25.8 Å². The summed E-state index contributed by atoms with van der Waals surface area (Å²) in [5, 5.41) is 5.26. The molecular weight excluding hydrogens is 479 g/mol. The van der Waals surface area contributed by atoms with Crippen LogP contribution in [0.4, 0.5) is 13.2 Å². The molecule has 2 heterocycles. The van der Waals surface area contributed by atoms with Gasteiger partial charge in [-0.3, -0.25) is 9.69 Å². The summed E-state index contributed by atoms with van der Waals surface area (Å²) in [7, 11) is 0. The number of benzene rings is 2. The molecule has 0 atom stereocenters. The summed E-state index contributed by atoms with van der Waals surface area (Å²) in [5.41, 5.74) is 1.13. The van der Waals surface area contributed by atoms with Gasteiger partial charge in [-0.25, -0.2) is 4.98 Å². The fraction of sp³-hybridized carbons (Fsp3) is 0.360. The molecule has 1 aliphatic rings. The van der Waals surface area contributed by atoms with Gasteiger partial charge < -0.3 is 14.8 Å². The van der Waals surface area contributed by atoms with Gasteiger partial charge in [-0.15, -0.1) is 11.3 Å². The minimum Gasteiger partial charge on any atom is -0.454 e. The van der Waals surface area contributed by atoms with Crippen LogP contribution in [0.5, 0.6) is 11.5 Å². The first-order valence-corrected chi connectivity index (χ1v) is 12.2. The fourth-order valence-corrected chi connectivity index (χ4v) is 4.53. The smallest absolute Gasteiger partial charge is 0.416 e. The van der Waals surface area contributed by atoms with Gasteiger partial charge in [0.05, 0.1) is 12.1 Å². The monoisotopic (exact) mass is 505 g/mol. The number of halogens is 3. The van der Waals surface area contributed by atoms with Crippen molar-refractivity contribution in [2.75, 3.05) is 13.3 Å². The van der Waals surface area contributed by atoms with E-state index in [-0.39, 0.29) is 19.2 Å². The molecule has 0 unspecified atom stereocenters. The highest BCUT2D eigenvalue weighted by molar-refractivity contribution is 7.09. The zero-order valence-electron chi connectivity index (χ0n) is 19.2. The van der Waals surface area contributed by atoms with Crippen molar-refractivity contribution in [2.24, 2.45) is 0 Å². The van der Waals surface area contributed by atoms with Crippen molar-refractivity contribution in [3.63, 3.8) is 0 Å². The van der Waals surface area contributed by atoms with Crippen LogP contribution < -0.4 is 14.8 Å². The van der Waals surface area contributed by atoms with Gasteiger partial charge in [-0.1, -0.05) is 37.6 Å². The van der Waals surface area contributed by atoms with Crippen molar-refractivity contribution in [2.45, 2.75) is 45.6 Å². The van der Waals surface area contributed by atoms with E-state index in [0.29, 0.717) is 47.4 Å². The Morgan fingerprint density at radius 2 is 1.86 bits per heavy atom. The minimum atomic E-state index is -4.41. The summed E-state index contributed by atoms with van der Waals surface area (Å²) in [5.74, 6) is 1.08. The molecule has 1 aromatic heterocycles. The molecule has 0 saturated heterocycles. The average Bonchev–Trinajstić information content (AvgIpc) is 3.48. The summed E-state index contributed by atoms with van der Waals surface area (Å²) < 4.78 is 50.5. The van der Waals surface area contributed by atoms with Crippen molar-refractivity contribution in [1.82, 2.24) is 15.2 Å². The van der Waals surface area contributed by atoms with Gasteiger partial charge in [0.1, 0.15) is 10.7 Å². The topological polar surface area (TPSA) is 63.7 Å². The third-order valence-electron chi connectivity index (χ3n) is 5.46. The molecule has 186 valence electrons. The number of ether oxygens (including phenoxy) is 2. The Balaban J connectivity index is 1.52. The summed E-state index contributed by atoms with van der Waals surface area (Å²) >= 11 is 1.36. The number of nitrogens with zero attached hydrogens (tertiary/aromatic N) is 2. The highest BCUT2D eigenvalue weighted by atomic mass is 32.1. The number of thiazole rings is 1. The standard InChI is InChI=1S/C25H26F3N3O3S/c1-2-3-9-29-24(32)20-15-35-23(30-20)14-31(12-17-5-4-6-19(10-17)25(26,27)28)13-18-7-8-21-22(11-18)34-16-33-21/h4-8,10-11,15H,2-3,9,12-14,16H2,1H3,(H,29,32). The number of rotatable bonds is 10. The van der Waals surface area contributed by atoms with Crippen LogP contribution in [0.3, 0.4) is 0 Å². The largest absolute Gasteiger partial charge is 0.454 e. The van der Waals surface area contributed by atoms with Crippen LogP contribution in [0.1, 0.15) is 52.0 Å². The minimum absolute atomic E-state index is 0.162. The van der Waals surface area contributed by atoms with Gasteiger partial charge in [0.15, 0.2) is 11.5 Å². The van der Waals surface area contributed by atoms with Crippen molar-refractivity contribution in [3.05, 3.63) is 75.2 Å². The summed E-state index contributed by atoms with van der Waals surface area (Å²) in [6.07, 6.45) is -2.54. The SMILES string of the molecule is CCCCNC(=O)c1csc(CN(Cc2cccc(C(F)(F)F)c2)Cc2ccc3c(c2)OCO3)n1. The molecule has 1 N–H and O–H groups in total. The van der Waals surface area contributed by atoms with Gasteiger partial charge in [0.2, 0.25) is 6.79 Å². The lowest BCUT2D eigenvalue weighted by atomic mass is 10.1. The maximum Gasteiger partial charge on any atom is 0.416 e. The molecule has 0 spiro atoms. The van der Waals surface area contributed by atoms with Gasteiger partial charge in [-0.05, 0) is 35.7 Å². The Morgan fingerprint density at radius 3 is 2.63 bits per heavy atom. The lowest BCUT2D eigenvalue weighted by Gasteiger charge is -2.22. The Morgan fingerprint density at radius 1 is 1.09 bits per heavy atom. The molecule has 10 heteroatoms. The zero-order chi connectivity index (χ0) is 24.8. The van der Waals surface area contributed by atoms with Gasteiger partial charge in [0, 0.05) is 25.0 Å². The van der Waals surface area contributed by atoms with Crippen molar-refractivity contribution >= 4 is 17.2 Å². The summed E-state index contributed by atoms with van der Waals surface area (Å²) in [6, 6.07) is 10.9. The van der Waals surface area contributed by atoms with E-state index in [1.807, 2.05) is 30.0 Å². The van der Waals surface area contributed by atoms with E-state index in [0.717, 1.165) is 24.5 Å². The average molecular weight is 506 g/mol. The molecule has 2 aromatic carbocycles. The molecule has 0 saturated carbocycles. The van der Waals surface area contributed by atoms with E-state index < -0.39 is 11.7 Å². The molecule has 4 rings (SSSR count). The van der Waals surface area contributed by atoms with Crippen LogP contribution in [0.2, 0.25) is 0 Å². The predicted molar refractivity (Wildman–Crippen MR) is 126 cm³/mol. The Kier molecular flexibility index (Phi) is 7.92. The molecule has 3 aromatic rings. The first-order chi connectivity index (χ1) is 16.8. The first kappa shape index (κ1) is 25.0. The molecule has 0 radical (unpaired) electrons. The Hall–Kier alpha value is -3.11. The number of aromatic nitrogens is 1. The maximum atomic E-state index is 13.2. The van der Waals surface area contributed by atoms with E-state index in [1.165, 1.54) is 23.5 Å². The van der Waals surface area contributed by atoms with Crippen LogP contribution in [0.25, 0.3) is 0 Å². The van der Waals surface area contributed by atoms with Gasteiger partial charge in [0.25, 0.3) is 5.91 Å². The normalized spacial score (nSPS) is 12.8. The fourth-order valence-electron chi connectivity index (χ4n) is 3.72. The Labute approximate surface area is 205 Å². The molecule has 1 aliphatic heterocycles. The quantitative estimate of drug-likeness (QED) is 0.362. The number of nitrogens with one attached hydrogen (secondary N) is 1. The van der Waals surface area contributed by atoms with E-state index >= 15 is 0 Å². The van der Waals surface area contributed by atoms with E-state index in [2.05, 4.69) is 10.3 Å². The summed E-state index contributed by atoms with van der Waals surface area (Å²) in [6.45, 7) is 3.90. The molecule has 1 amide bonds. The zero-order valence-corrected chi connectivity index (χ0v) is 20.0. The van der Waals surface area contributed by atoms with Crippen molar-refractivity contribution in [1.29, 1.82) is 0 Å². The first-order valence-electron chi connectivity index (χ1n) is 11.3. The number of unbranched alkanes of at least 4 members (excludes halogenated alkanes) is 1. The van der Waals surface area contributed by atoms with Crippen LogP contribution >= 0.6 is 11.3 Å². The molecule has 6 nitrogen and oxygen atoms in total. The molecule has 0 fully saturated rings. The lowest BCUT2D eigenvalue weighted by Crippen LogP contribution is -2.25. The summed E-state index contributed by atoms with van der Waals surface area (Å²) in [4.78, 5) is 18.8. The van der Waals surface area contributed by atoms with Crippen molar-refractivity contribution < 1.29 is 27.4 Å². The third-order valence-corrected chi connectivity index (χ3v) is 6.30. The second-order valence-corrected chi connectivity index (χ2v) is 9.21. The van der Waals surface area contributed by atoms with Crippen molar-refractivity contribution in [3.8, 4) is 11.5 Å². The highest BCUT2D eigenvalue weighted by Gasteiger charge is 2.30.